The van der Waals surface area contributed by atoms with E-state index < -0.39 is 0 Å². The minimum atomic E-state index is -0.248. The highest BCUT2D eigenvalue weighted by Crippen LogP contribution is 2.29. The average molecular weight is 304 g/mol. The second-order valence-electron chi connectivity index (χ2n) is 5.31. The first-order chi connectivity index (χ1) is 10.2. The number of carbonyl (C=O) groups excluding carboxylic acids is 1. The van der Waals surface area contributed by atoms with E-state index in [0.717, 1.165) is 23.4 Å². The predicted octanol–water partition coefficient (Wildman–Crippen LogP) is 3.41. The molecule has 1 fully saturated rings. The van der Waals surface area contributed by atoms with E-state index in [1.54, 1.807) is 23.6 Å². The van der Waals surface area contributed by atoms with Crippen LogP contribution in [0.5, 0.6) is 0 Å². The van der Waals surface area contributed by atoms with Crippen LogP contribution < -0.4 is 0 Å². The summed E-state index contributed by atoms with van der Waals surface area (Å²) in [5, 5.41) is 2.90. The summed E-state index contributed by atoms with van der Waals surface area (Å²) in [6, 6.07) is 6.83. The molecule has 21 heavy (non-hydrogen) atoms. The summed E-state index contributed by atoms with van der Waals surface area (Å²) in [5.41, 5.74) is 0.869. The number of aromatic nitrogens is 1. The zero-order valence-electron chi connectivity index (χ0n) is 11.7. The smallest absolute Gasteiger partial charge is 0.223 e. The molecule has 1 aromatic carbocycles. The Hall–Kier alpha value is -1.75. The highest BCUT2D eigenvalue weighted by atomic mass is 32.1. The van der Waals surface area contributed by atoms with Gasteiger partial charge in [0, 0.05) is 24.0 Å². The number of thiazole rings is 1. The summed E-state index contributed by atoms with van der Waals surface area (Å²) in [7, 11) is 0. The minimum Gasteiger partial charge on any atom is -0.333 e. The normalized spacial score (nSPS) is 14.1. The number of hydrogen-bond donors (Lipinski definition) is 0. The highest BCUT2D eigenvalue weighted by molar-refractivity contribution is 7.09. The molecule has 0 unspecified atom stereocenters. The van der Waals surface area contributed by atoms with E-state index in [2.05, 4.69) is 4.98 Å². The fourth-order valence-electron chi connectivity index (χ4n) is 2.37. The molecular formula is C16H17FN2OS. The largest absolute Gasteiger partial charge is 0.333 e. The van der Waals surface area contributed by atoms with Crippen LogP contribution in [0.15, 0.2) is 35.8 Å². The van der Waals surface area contributed by atoms with Gasteiger partial charge in [-0.15, -0.1) is 11.3 Å². The molecule has 1 amide bonds. The van der Waals surface area contributed by atoms with Gasteiger partial charge in [-0.05, 0) is 37.0 Å². The molecule has 0 aliphatic heterocycles. The number of benzene rings is 1. The number of amides is 1. The summed E-state index contributed by atoms with van der Waals surface area (Å²) in [6.07, 6.45) is 4.93. The molecule has 2 aromatic rings. The van der Waals surface area contributed by atoms with Gasteiger partial charge < -0.3 is 4.90 Å². The van der Waals surface area contributed by atoms with Crippen molar-refractivity contribution in [2.45, 2.75) is 38.3 Å². The molecular weight excluding hydrogens is 287 g/mol. The second kappa shape index (κ2) is 6.35. The van der Waals surface area contributed by atoms with Crippen molar-refractivity contribution in [3.8, 4) is 0 Å². The first-order valence-electron chi connectivity index (χ1n) is 7.14. The molecule has 1 aliphatic rings. The molecule has 110 valence electrons. The molecule has 0 atom stereocenters. The average Bonchev–Trinajstić information content (AvgIpc) is 3.19. The number of carbonyl (C=O) groups is 1. The van der Waals surface area contributed by atoms with Crippen LogP contribution in [0.25, 0.3) is 0 Å². The van der Waals surface area contributed by atoms with Gasteiger partial charge in [-0.2, -0.15) is 0 Å². The van der Waals surface area contributed by atoms with Crippen molar-refractivity contribution in [3.05, 3.63) is 52.2 Å². The first kappa shape index (κ1) is 14.2. The monoisotopic (exact) mass is 304 g/mol. The van der Waals surface area contributed by atoms with E-state index in [1.807, 2.05) is 16.3 Å². The quantitative estimate of drug-likeness (QED) is 0.819. The number of aryl methyl sites for hydroxylation is 1. The third kappa shape index (κ3) is 3.88. The molecule has 1 saturated carbocycles. The molecule has 0 saturated heterocycles. The molecule has 1 heterocycles. The summed E-state index contributed by atoms with van der Waals surface area (Å²) < 4.78 is 13.1. The Labute approximate surface area is 127 Å². The van der Waals surface area contributed by atoms with Gasteiger partial charge in [0.05, 0.1) is 6.54 Å². The standard InChI is InChI=1S/C16H17FN2OS/c17-13-3-1-2-12(10-13)4-7-16(20)19(14-5-6-14)11-15-18-8-9-21-15/h1-3,8-10,14H,4-7,11H2. The van der Waals surface area contributed by atoms with Gasteiger partial charge in [-0.3, -0.25) is 4.79 Å². The third-order valence-corrected chi connectivity index (χ3v) is 4.38. The maximum Gasteiger partial charge on any atom is 0.223 e. The Morgan fingerprint density at radius 2 is 2.29 bits per heavy atom. The van der Waals surface area contributed by atoms with Crippen LogP contribution in [-0.2, 0) is 17.8 Å². The van der Waals surface area contributed by atoms with Crippen molar-refractivity contribution in [1.82, 2.24) is 9.88 Å². The Morgan fingerprint density at radius 3 is 2.95 bits per heavy atom. The lowest BCUT2D eigenvalue weighted by Gasteiger charge is -2.21. The van der Waals surface area contributed by atoms with Gasteiger partial charge in [0.15, 0.2) is 0 Å². The summed E-state index contributed by atoms with van der Waals surface area (Å²) in [5.74, 6) is -0.112. The van der Waals surface area contributed by atoms with Crippen molar-refractivity contribution in [2.75, 3.05) is 0 Å². The van der Waals surface area contributed by atoms with Gasteiger partial charge in [-0.25, -0.2) is 9.37 Å². The van der Waals surface area contributed by atoms with E-state index in [9.17, 15) is 9.18 Å². The Morgan fingerprint density at radius 1 is 1.43 bits per heavy atom. The van der Waals surface area contributed by atoms with E-state index in [1.165, 1.54) is 12.1 Å². The van der Waals surface area contributed by atoms with E-state index in [0.29, 0.717) is 25.4 Å². The van der Waals surface area contributed by atoms with Gasteiger partial charge in [-0.1, -0.05) is 12.1 Å². The summed E-state index contributed by atoms with van der Waals surface area (Å²) in [4.78, 5) is 18.6. The topological polar surface area (TPSA) is 33.2 Å². The Balaban J connectivity index is 1.59. The van der Waals surface area contributed by atoms with Crippen LogP contribution >= 0.6 is 11.3 Å². The van der Waals surface area contributed by atoms with Gasteiger partial charge >= 0.3 is 0 Å². The fraction of sp³-hybridized carbons (Fsp3) is 0.375. The molecule has 0 N–H and O–H groups in total. The lowest BCUT2D eigenvalue weighted by molar-refractivity contribution is -0.132. The Bertz CT molecular complexity index is 610. The molecule has 3 nitrogen and oxygen atoms in total. The third-order valence-electron chi connectivity index (χ3n) is 3.61. The maximum atomic E-state index is 13.1. The van der Waals surface area contributed by atoms with Crippen molar-refractivity contribution < 1.29 is 9.18 Å². The number of hydrogen-bond acceptors (Lipinski definition) is 3. The van der Waals surface area contributed by atoms with Crippen molar-refractivity contribution in [1.29, 1.82) is 0 Å². The van der Waals surface area contributed by atoms with Gasteiger partial charge in [0.2, 0.25) is 5.91 Å². The van der Waals surface area contributed by atoms with Crippen LogP contribution in [0.2, 0.25) is 0 Å². The lowest BCUT2D eigenvalue weighted by Crippen LogP contribution is -2.32. The SMILES string of the molecule is O=C(CCc1cccc(F)c1)N(Cc1nccs1)C1CC1. The number of halogens is 1. The number of nitrogens with zero attached hydrogens (tertiary/aromatic N) is 2. The van der Waals surface area contributed by atoms with Crippen LogP contribution in [0, 0.1) is 5.82 Å². The molecule has 0 bridgehead atoms. The first-order valence-corrected chi connectivity index (χ1v) is 8.02. The molecule has 0 radical (unpaired) electrons. The summed E-state index contributed by atoms with van der Waals surface area (Å²) >= 11 is 1.58. The maximum absolute atomic E-state index is 13.1. The highest BCUT2D eigenvalue weighted by Gasteiger charge is 2.32. The van der Waals surface area contributed by atoms with Crippen molar-refractivity contribution >= 4 is 17.2 Å². The van der Waals surface area contributed by atoms with Crippen LogP contribution in [0.3, 0.4) is 0 Å². The van der Waals surface area contributed by atoms with Crippen LogP contribution in [-0.4, -0.2) is 21.8 Å². The molecule has 3 rings (SSSR count). The Kier molecular flexibility index (Phi) is 4.29. The number of rotatable bonds is 6. The lowest BCUT2D eigenvalue weighted by atomic mass is 10.1. The van der Waals surface area contributed by atoms with E-state index in [4.69, 9.17) is 0 Å². The minimum absolute atomic E-state index is 0.136. The second-order valence-corrected chi connectivity index (χ2v) is 6.29. The van der Waals surface area contributed by atoms with Crippen LogP contribution in [0.4, 0.5) is 4.39 Å². The van der Waals surface area contributed by atoms with Crippen molar-refractivity contribution in [2.24, 2.45) is 0 Å². The van der Waals surface area contributed by atoms with Gasteiger partial charge in [0.25, 0.3) is 0 Å². The fourth-order valence-corrected chi connectivity index (χ4v) is 2.99. The van der Waals surface area contributed by atoms with E-state index >= 15 is 0 Å². The van der Waals surface area contributed by atoms with Crippen LogP contribution in [0.1, 0.15) is 29.8 Å². The zero-order valence-corrected chi connectivity index (χ0v) is 12.5. The predicted molar refractivity (Wildman–Crippen MR) is 80.4 cm³/mol. The summed E-state index contributed by atoms with van der Waals surface area (Å²) in [6.45, 7) is 0.602. The van der Waals surface area contributed by atoms with Crippen molar-refractivity contribution in [3.63, 3.8) is 0 Å². The molecule has 5 heteroatoms. The zero-order chi connectivity index (χ0) is 14.7. The molecule has 1 aromatic heterocycles. The van der Waals surface area contributed by atoms with Gasteiger partial charge in [0.1, 0.15) is 10.8 Å². The molecule has 0 spiro atoms. The van der Waals surface area contributed by atoms with E-state index in [-0.39, 0.29) is 11.7 Å². The molecule has 1 aliphatic carbocycles.